The van der Waals surface area contributed by atoms with E-state index in [1.54, 1.807) is 4.90 Å². The van der Waals surface area contributed by atoms with Crippen molar-refractivity contribution in [2.24, 2.45) is 0 Å². The number of hydrogen-bond donors (Lipinski definition) is 1. The molecule has 112 valence electrons. The van der Waals surface area contributed by atoms with E-state index in [-0.39, 0.29) is 18.3 Å². The largest absolute Gasteiger partial charge is 0.340 e. The Labute approximate surface area is 135 Å². The van der Waals surface area contributed by atoms with Crippen LogP contribution in [-0.4, -0.2) is 55.5 Å². The number of nitrogens with zero attached hydrogens (tertiary/aromatic N) is 2. The number of nitrogens with one attached hydrogen (secondary N) is 1. The summed E-state index contributed by atoms with van der Waals surface area (Å²) in [4.78, 5) is 16.1. The maximum atomic E-state index is 12.2. The lowest BCUT2D eigenvalue weighted by Gasteiger charge is -2.35. The Morgan fingerprint density at radius 3 is 2.55 bits per heavy atom. The van der Waals surface area contributed by atoms with E-state index in [1.807, 2.05) is 38.4 Å². The molecule has 0 saturated carbocycles. The number of carbonyl (C=O) groups is 1. The van der Waals surface area contributed by atoms with Gasteiger partial charge in [-0.1, -0.05) is 34.1 Å². The molecule has 2 rings (SSSR count). The van der Waals surface area contributed by atoms with Crippen LogP contribution in [0.25, 0.3) is 0 Å². The van der Waals surface area contributed by atoms with E-state index < -0.39 is 0 Å². The molecule has 0 aromatic heterocycles. The highest BCUT2D eigenvalue weighted by Crippen LogP contribution is 2.17. The van der Waals surface area contributed by atoms with Gasteiger partial charge in [0.15, 0.2) is 0 Å². The number of carbonyl (C=O) groups excluding carboxylic acids is 1. The lowest BCUT2D eigenvalue weighted by Crippen LogP contribution is -2.57. The summed E-state index contributed by atoms with van der Waals surface area (Å²) in [7, 11) is 3.87. The Balaban J connectivity index is 0.00000200. The third-order valence-electron chi connectivity index (χ3n) is 3.56. The fourth-order valence-electron chi connectivity index (χ4n) is 2.02. The van der Waals surface area contributed by atoms with Crippen molar-refractivity contribution in [3.8, 4) is 0 Å². The van der Waals surface area contributed by atoms with Crippen LogP contribution in [0.5, 0.6) is 0 Å². The van der Waals surface area contributed by atoms with Crippen molar-refractivity contribution in [2.45, 2.75) is 12.6 Å². The first-order chi connectivity index (χ1) is 9.08. The molecule has 0 atom stereocenters. The van der Waals surface area contributed by atoms with Crippen LogP contribution in [0.4, 0.5) is 0 Å². The second-order valence-corrected chi connectivity index (χ2v) is 5.92. The van der Waals surface area contributed by atoms with Crippen molar-refractivity contribution in [3.63, 3.8) is 0 Å². The van der Waals surface area contributed by atoms with Gasteiger partial charge in [-0.3, -0.25) is 9.69 Å². The van der Waals surface area contributed by atoms with Crippen LogP contribution in [0.3, 0.4) is 0 Å². The third-order valence-corrected chi connectivity index (χ3v) is 4.33. The van der Waals surface area contributed by atoms with Gasteiger partial charge in [0.1, 0.15) is 0 Å². The van der Waals surface area contributed by atoms with Crippen LogP contribution in [0.1, 0.15) is 5.56 Å². The topological polar surface area (TPSA) is 35.6 Å². The molecule has 1 fully saturated rings. The molecule has 0 aliphatic carbocycles. The fourth-order valence-corrected chi connectivity index (χ4v) is 2.43. The molecule has 1 saturated heterocycles. The second kappa shape index (κ2) is 7.98. The van der Waals surface area contributed by atoms with Gasteiger partial charge in [0.2, 0.25) is 5.91 Å². The zero-order chi connectivity index (χ0) is 13.8. The van der Waals surface area contributed by atoms with Crippen molar-refractivity contribution in [2.75, 3.05) is 33.7 Å². The van der Waals surface area contributed by atoms with Gasteiger partial charge in [-0.25, -0.2) is 0 Å². The molecule has 1 amide bonds. The molecule has 1 aromatic rings. The molecule has 0 radical (unpaired) electrons. The van der Waals surface area contributed by atoms with Crippen molar-refractivity contribution >= 4 is 34.2 Å². The van der Waals surface area contributed by atoms with Gasteiger partial charge >= 0.3 is 0 Å². The first-order valence-corrected chi connectivity index (χ1v) is 7.25. The molecule has 1 aliphatic rings. The molecular formula is C14H21BrClN3O. The van der Waals surface area contributed by atoms with E-state index in [9.17, 15) is 4.79 Å². The zero-order valence-corrected chi connectivity index (χ0v) is 14.2. The Kier molecular flexibility index (Phi) is 6.95. The minimum Gasteiger partial charge on any atom is -0.340 e. The summed E-state index contributed by atoms with van der Waals surface area (Å²) >= 11 is 3.51. The van der Waals surface area contributed by atoms with Crippen molar-refractivity contribution < 1.29 is 4.79 Å². The number of rotatable bonds is 5. The van der Waals surface area contributed by atoms with E-state index in [2.05, 4.69) is 26.1 Å². The molecule has 1 N–H and O–H groups in total. The summed E-state index contributed by atoms with van der Waals surface area (Å²) < 4.78 is 1.05. The molecule has 0 bridgehead atoms. The molecule has 1 aromatic carbocycles. The van der Waals surface area contributed by atoms with Gasteiger partial charge in [-0.2, -0.15) is 0 Å². The summed E-state index contributed by atoms with van der Waals surface area (Å²) in [5.41, 5.74) is 1.13. The van der Waals surface area contributed by atoms with Crippen molar-refractivity contribution in [3.05, 3.63) is 34.3 Å². The SMILES string of the molecule is CN(Cc1ccccc1Br)C(=O)CN(C)C1CNC1.Cl. The quantitative estimate of drug-likeness (QED) is 0.866. The van der Waals surface area contributed by atoms with Gasteiger partial charge < -0.3 is 10.2 Å². The molecule has 0 spiro atoms. The van der Waals surface area contributed by atoms with Crippen LogP contribution < -0.4 is 5.32 Å². The zero-order valence-electron chi connectivity index (χ0n) is 11.8. The van der Waals surface area contributed by atoms with E-state index >= 15 is 0 Å². The summed E-state index contributed by atoms with van der Waals surface area (Å²) in [5.74, 6) is 0.158. The van der Waals surface area contributed by atoms with Gasteiger partial charge in [0.25, 0.3) is 0 Å². The second-order valence-electron chi connectivity index (χ2n) is 5.07. The summed E-state index contributed by atoms with van der Waals surface area (Å²) in [6.45, 7) is 3.08. The van der Waals surface area contributed by atoms with E-state index in [1.165, 1.54) is 0 Å². The molecule has 6 heteroatoms. The highest BCUT2D eigenvalue weighted by atomic mass is 79.9. The maximum Gasteiger partial charge on any atom is 0.236 e. The van der Waals surface area contributed by atoms with Gasteiger partial charge in [0.05, 0.1) is 6.54 Å². The highest BCUT2D eigenvalue weighted by Gasteiger charge is 2.24. The van der Waals surface area contributed by atoms with Crippen LogP contribution in [0.15, 0.2) is 28.7 Å². The number of hydrogen-bond acceptors (Lipinski definition) is 3. The monoisotopic (exact) mass is 361 g/mol. The average Bonchev–Trinajstić information content (AvgIpc) is 2.29. The van der Waals surface area contributed by atoms with Crippen LogP contribution >= 0.6 is 28.3 Å². The number of amides is 1. The molecule has 0 unspecified atom stereocenters. The van der Waals surface area contributed by atoms with Crippen molar-refractivity contribution in [1.29, 1.82) is 0 Å². The number of benzene rings is 1. The van der Waals surface area contributed by atoms with E-state index in [4.69, 9.17) is 0 Å². The molecule has 1 heterocycles. The predicted molar refractivity (Wildman–Crippen MR) is 87.2 cm³/mol. The van der Waals surface area contributed by atoms with Gasteiger partial charge in [-0.05, 0) is 18.7 Å². The lowest BCUT2D eigenvalue weighted by atomic mass is 10.1. The summed E-state index contributed by atoms with van der Waals surface area (Å²) in [5, 5.41) is 3.22. The predicted octanol–water partition coefficient (Wildman–Crippen LogP) is 1.73. The molecule has 4 nitrogen and oxygen atoms in total. The summed E-state index contributed by atoms with van der Waals surface area (Å²) in [6, 6.07) is 8.51. The van der Waals surface area contributed by atoms with Crippen LogP contribution in [-0.2, 0) is 11.3 Å². The molecule has 1 aliphatic heterocycles. The van der Waals surface area contributed by atoms with Gasteiger partial charge in [-0.15, -0.1) is 12.4 Å². The van der Waals surface area contributed by atoms with Crippen molar-refractivity contribution in [1.82, 2.24) is 15.1 Å². The first kappa shape index (κ1) is 17.4. The highest BCUT2D eigenvalue weighted by molar-refractivity contribution is 9.10. The van der Waals surface area contributed by atoms with Crippen LogP contribution in [0.2, 0.25) is 0 Å². The van der Waals surface area contributed by atoms with Gasteiger partial charge in [0, 0.05) is 37.2 Å². The molecular weight excluding hydrogens is 342 g/mol. The Morgan fingerprint density at radius 1 is 1.35 bits per heavy atom. The number of likely N-dealkylation sites (N-methyl/N-ethyl adjacent to an activating group) is 2. The molecule has 20 heavy (non-hydrogen) atoms. The smallest absolute Gasteiger partial charge is 0.236 e. The first-order valence-electron chi connectivity index (χ1n) is 6.46. The van der Waals surface area contributed by atoms with Crippen LogP contribution in [0, 0.1) is 0 Å². The Hall–Kier alpha value is -0.620. The average molecular weight is 363 g/mol. The minimum atomic E-state index is 0. The normalized spacial score (nSPS) is 14.6. The van der Waals surface area contributed by atoms with E-state index in [0.29, 0.717) is 19.1 Å². The third kappa shape index (κ3) is 4.45. The Morgan fingerprint density at radius 2 is 2.00 bits per heavy atom. The minimum absolute atomic E-state index is 0. The standard InChI is InChI=1S/C14H20BrN3O.ClH/c1-17(12-7-16-8-12)10-14(19)18(2)9-11-5-3-4-6-13(11)15;/h3-6,12,16H,7-10H2,1-2H3;1H. The maximum absolute atomic E-state index is 12.2. The Bertz CT molecular complexity index is 454. The fraction of sp³-hybridized carbons (Fsp3) is 0.500. The lowest BCUT2D eigenvalue weighted by molar-refractivity contribution is -0.132. The number of halogens is 2. The summed E-state index contributed by atoms with van der Waals surface area (Å²) in [6.07, 6.45) is 0. The van der Waals surface area contributed by atoms with E-state index in [0.717, 1.165) is 23.1 Å².